The number of aliphatic carboxylic acids is 1. The Labute approximate surface area is 120 Å². The smallest absolute Gasteiger partial charge is 0.326 e. The van der Waals surface area contributed by atoms with E-state index in [-0.39, 0.29) is 10.2 Å². The van der Waals surface area contributed by atoms with Crippen molar-refractivity contribution >= 4 is 46.3 Å². The van der Waals surface area contributed by atoms with Gasteiger partial charge in [0.25, 0.3) is 5.91 Å². The maximum atomic E-state index is 12.2. The molecule has 1 heterocycles. The zero-order valence-corrected chi connectivity index (χ0v) is 11.7. The molecule has 1 unspecified atom stereocenters. The van der Waals surface area contributed by atoms with E-state index in [0.717, 1.165) is 22.2 Å². The van der Waals surface area contributed by atoms with Crippen molar-refractivity contribution in [1.82, 2.24) is 4.90 Å². The number of rotatable bonds is 3. The Balaban J connectivity index is 2.28. The van der Waals surface area contributed by atoms with Crippen molar-refractivity contribution in [3.8, 4) is 0 Å². The number of carbonyl (C=O) groups is 2. The molecule has 6 heteroatoms. The van der Waals surface area contributed by atoms with Crippen LogP contribution in [-0.2, 0) is 9.59 Å². The molecule has 0 radical (unpaired) electrons. The van der Waals surface area contributed by atoms with Crippen LogP contribution in [0.1, 0.15) is 12.5 Å². The highest BCUT2D eigenvalue weighted by atomic mass is 32.2. The Morgan fingerprint density at radius 2 is 2.05 bits per heavy atom. The summed E-state index contributed by atoms with van der Waals surface area (Å²) >= 11 is 6.20. The Hall–Kier alpha value is -1.66. The standard InChI is InChI=1S/C13H11NO3S2/c1-8(12(16)17)14-11(15)10(19-13(14)18)7-9-5-3-2-4-6-9/h2-8H,1H3,(H,16,17)/b10-7+. The predicted octanol–water partition coefficient (Wildman–Crippen LogP) is 2.36. The summed E-state index contributed by atoms with van der Waals surface area (Å²) in [6.07, 6.45) is 1.72. The average Bonchev–Trinajstić information content (AvgIpc) is 2.65. The largest absolute Gasteiger partial charge is 0.480 e. The Kier molecular flexibility index (Phi) is 4.01. The average molecular weight is 293 g/mol. The van der Waals surface area contributed by atoms with Gasteiger partial charge in [0.05, 0.1) is 4.91 Å². The number of hydrogen-bond donors (Lipinski definition) is 1. The van der Waals surface area contributed by atoms with E-state index in [1.54, 1.807) is 6.08 Å². The van der Waals surface area contributed by atoms with E-state index < -0.39 is 12.0 Å². The van der Waals surface area contributed by atoms with Gasteiger partial charge in [-0.3, -0.25) is 9.69 Å². The predicted molar refractivity (Wildman–Crippen MR) is 78.6 cm³/mol. The van der Waals surface area contributed by atoms with E-state index in [2.05, 4.69) is 0 Å². The number of carboxylic acid groups (broad SMARTS) is 1. The third-order valence-corrected chi connectivity index (χ3v) is 4.00. The molecule has 1 N–H and O–H groups in total. The van der Waals surface area contributed by atoms with Crippen molar-refractivity contribution in [2.24, 2.45) is 0 Å². The zero-order chi connectivity index (χ0) is 14.0. The van der Waals surface area contributed by atoms with Crippen molar-refractivity contribution in [3.05, 3.63) is 40.8 Å². The second-order valence-corrected chi connectivity index (χ2v) is 5.65. The maximum absolute atomic E-state index is 12.2. The molecule has 1 fully saturated rings. The maximum Gasteiger partial charge on any atom is 0.326 e. The second kappa shape index (κ2) is 5.54. The summed E-state index contributed by atoms with van der Waals surface area (Å²) in [7, 11) is 0. The van der Waals surface area contributed by atoms with Gasteiger partial charge in [-0.2, -0.15) is 0 Å². The van der Waals surface area contributed by atoms with Crippen molar-refractivity contribution in [1.29, 1.82) is 0 Å². The van der Waals surface area contributed by atoms with E-state index in [0.29, 0.717) is 4.91 Å². The van der Waals surface area contributed by atoms with Crippen LogP contribution in [0.2, 0.25) is 0 Å². The van der Waals surface area contributed by atoms with E-state index in [1.165, 1.54) is 6.92 Å². The van der Waals surface area contributed by atoms with Crippen LogP contribution in [0.5, 0.6) is 0 Å². The molecular weight excluding hydrogens is 282 g/mol. The van der Waals surface area contributed by atoms with Crippen LogP contribution in [0, 0.1) is 0 Å². The summed E-state index contributed by atoms with van der Waals surface area (Å²) in [5.74, 6) is -1.42. The van der Waals surface area contributed by atoms with Gasteiger partial charge in [0.1, 0.15) is 10.4 Å². The molecule has 0 bridgehead atoms. The van der Waals surface area contributed by atoms with E-state index in [9.17, 15) is 9.59 Å². The van der Waals surface area contributed by atoms with Crippen LogP contribution in [-0.4, -0.2) is 32.2 Å². The highest BCUT2D eigenvalue weighted by Crippen LogP contribution is 2.33. The summed E-state index contributed by atoms with van der Waals surface area (Å²) < 4.78 is 0.280. The number of benzene rings is 1. The van der Waals surface area contributed by atoms with Crippen LogP contribution in [0.15, 0.2) is 35.2 Å². The van der Waals surface area contributed by atoms with Gasteiger partial charge in [-0.25, -0.2) is 4.79 Å². The van der Waals surface area contributed by atoms with Gasteiger partial charge < -0.3 is 5.11 Å². The van der Waals surface area contributed by atoms with Gasteiger partial charge in [-0.15, -0.1) is 0 Å². The molecule has 98 valence electrons. The Morgan fingerprint density at radius 1 is 1.42 bits per heavy atom. The molecule has 4 nitrogen and oxygen atoms in total. The number of amides is 1. The number of thiocarbonyl (C=S) groups is 1. The molecule has 1 aliphatic rings. The van der Waals surface area contributed by atoms with E-state index in [4.69, 9.17) is 17.3 Å². The van der Waals surface area contributed by atoms with Crippen molar-refractivity contribution in [2.75, 3.05) is 0 Å². The monoisotopic (exact) mass is 293 g/mol. The summed E-state index contributed by atoms with van der Waals surface area (Å²) in [5.41, 5.74) is 0.881. The molecule has 0 aliphatic carbocycles. The third-order valence-electron chi connectivity index (χ3n) is 2.67. The topological polar surface area (TPSA) is 57.6 Å². The minimum atomic E-state index is -1.07. The Morgan fingerprint density at radius 3 is 2.63 bits per heavy atom. The van der Waals surface area contributed by atoms with Gasteiger partial charge in [0.15, 0.2) is 0 Å². The van der Waals surface area contributed by atoms with Crippen molar-refractivity contribution in [2.45, 2.75) is 13.0 Å². The van der Waals surface area contributed by atoms with Crippen LogP contribution in [0.3, 0.4) is 0 Å². The molecule has 0 aromatic heterocycles. The first-order valence-electron chi connectivity index (χ1n) is 5.55. The molecule has 1 aliphatic heterocycles. The van der Waals surface area contributed by atoms with E-state index in [1.807, 2.05) is 30.3 Å². The summed E-state index contributed by atoms with van der Waals surface area (Å²) in [4.78, 5) is 24.7. The highest BCUT2D eigenvalue weighted by Gasteiger charge is 2.38. The lowest BCUT2D eigenvalue weighted by Gasteiger charge is -2.18. The number of hydrogen-bond acceptors (Lipinski definition) is 4. The lowest BCUT2D eigenvalue weighted by molar-refractivity contribution is -0.144. The fourth-order valence-corrected chi connectivity index (χ4v) is 3.04. The molecule has 19 heavy (non-hydrogen) atoms. The van der Waals surface area contributed by atoms with Gasteiger partial charge in [0, 0.05) is 0 Å². The summed E-state index contributed by atoms with van der Waals surface area (Å²) in [6, 6.07) is 8.41. The second-order valence-electron chi connectivity index (χ2n) is 3.98. The Bertz CT molecular complexity index is 569. The van der Waals surface area contributed by atoms with Gasteiger partial charge >= 0.3 is 5.97 Å². The minimum absolute atomic E-state index is 0.280. The zero-order valence-electron chi connectivity index (χ0n) is 10.1. The summed E-state index contributed by atoms with van der Waals surface area (Å²) in [6.45, 7) is 1.44. The molecule has 2 rings (SSSR count). The van der Waals surface area contributed by atoms with Crippen LogP contribution < -0.4 is 0 Å². The number of thioether (sulfide) groups is 1. The molecule has 1 atom stereocenters. The molecular formula is C13H11NO3S2. The minimum Gasteiger partial charge on any atom is -0.480 e. The molecule has 1 aromatic carbocycles. The SMILES string of the molecule is CC(C(=O)O)N1C(=O)/C(=C\c2ccccc2)SC1=S. The molecule has 0 saturated carbocycles. The van der Waals surface area contributed by atoms with Gasteiger partial charge in [-0.05, 0) is 18.6 Å². The number of carbonyl (C=O) groups excluding carboxylic acids is 1. The summed E-state index contributed by atoms with van der Waals surface area (Å²) in [5, 5.41) is 8.97. The lowest BCUT2D eigenvalue weighted by Crippen LogP contribution is -2.41. The fraction of sp³-hybridized carbons (Fsp3) is 0.154. The van der Waals surface area contributed by atoms with Crippen LogP contribution in [0.4, 0.5) is 0 Å². The van der Waals surface area contributed by atoms with Crippen molar-refractivity contribution in [3.63, 3.8) is 0 Å². The fourth-order valence-electron chi connectivity index (χ4n) is 1.62. The lowest BCUT2D eigenvalue weighted by atomic mass is 10.2. The number of carboxylic acids is 1. The number of nitrogens with zero attached hydrogens (tertiary/aromatic N) is 1. The molecule has 1 amide bonds. The first kappa shape index (κ1) is 13.8. The van der Waals surface area contributed by atoms with E-state index >= 15 is 0 Å². The first-order valence-corrected chi connectivity index (χ1v) is 6.78. The van der Waals surface area contributed by atoms with Crippen molar-refractivity contribution < 1.29 is 14.7 Å². The highest BCUT2D eigenvalue weighted by molar-refractivity contribution is 8.26. The first-order chi connectivity index (χ1) is 9.00. The van der Waals surface area contributed by atoms with Crippen LogP contribution >= 0.6 is 24.0 Å². The third kappa shape index (κ3) is 2.85. The molecule has 1 aromatic rings. The van der Waals surface area contributed by atoms with Gasteiger partial charge in [0.2, 0.25) is 0 Å². The van der Waals surface area contributed by atoms with Gasteiger partial charge in [-0.1, -0.05) is 54.3 Å². The molecule has 0 spiro atoms. The normalized spacial score (nSPS) is 19.0. The molecule has 1 saturated heterocycles. The quantitative estimate of drug-likeness (QED) is 0.685. The van der Waals surface area contributed by atoms with Crippen LogP contribution in [0.25, 0.3) is 6.08 Å².